The molecule has 10 aromatic rings. The second-order valence-corrected chi connectivity index (χ2v) is 12.6. The van der Waals surface area contributed by atoms with Gasteiger partial charge in [-0.1, -0.05) is 121 Å². The predicted molar refractivity (Wildman–Crippen MR) is 205 cm³/mol. The van der Waals surface area contributed by atoms with Crippen LogP contribution < -0.4 is 0 Å². The molecule has 0 aliphatic carbocycles. The summed E-state index contributed by atoms with van der Waals surface area (Å²) in [4.78, 5) is 15.0. The first kappa shape index (κ1) is 28.2. The highest BCUT2D eigenvalue weighted by atomic mass is 15.0. The van der Waals surface area contributed by atoms with Crippen LogP contribution in [0.3, 0.4) is 0 Å². The van der Waals surface area contributed by atoms with Crippen molar-refractivity contribution in [1.29, 1.82) is 0 Å². The summed E-state index contributed by atoms with van der Waals surface area (Å²) in [5.41, 5.74) is 8.54. The lowest BCUT2D eigenvalue weighted by molar-refractivity contribution is 1.07. The molecule has 0 atom stereocenters. The Kier molecular flexibility index (Phi) is 6.42. The Hall–Kier alpha value is -6.85. The lowest BCUT2D eigenvalue weighted by atomic mass is 10.0. The van der Waals surface area contributed by atoms with Crippen LogP contribution >= 0.6 is 0 Å². The molecule has 7 aromatic carbocycles. The van der Waals surface area contributed by atoms with Crippen molar-refractivity contribution in [2.75, 3.05) is 0 Å². The molecule has 0 unspecified atom stereocenters. The maximum Gasteiger partial charge on any atom is 0.164 e. The van der Waals surface area contributed by atoms with Crippen molar-refractivity contribution in [3.05, 3.63) is 176 Å². The summed E-state index contributed by atoms with van der Waals surface area (Å²) in [6.07, 6.45) is 2.16. The summed E-state index contributed by atoms with van der Waals surface area (Å²) in [7, 11) is 0. The van der Waals surface area contributed by atoms with Crippen LogP contribution in [0.15, 0.2) is 176 Å². The maximum atomic E-state index is 5.02. The highest BCUT2D eigenvalue weighted by Crippen LogP contribution is 2.39. The smallest absolute Gasteiger partial charge is 0.164 e. The van der Waals surface area contributed by atoms with E-state index in [1.54, 1.807) is 0 Å². The van der Waals surface area contributed by atoms with Crippen LogP contribution in [0.4, 0.5) is 0 Å². The van der Waals surface area contributed by atoms with Gasteiger partial charge in [-0.2, -0.15) is 0 Å². The molecule has 0 saturated carbocycles. The minimum absolute atomic E-state index is 0.633. The molecule has 0 fully saturated rings. The van der Waals surface area contributed by atoms with Gasteiger partial charge in [0.05, 0.1) is 16.6 Å². The number of nitrogens with zero attached hydrogens (tertiary/aromatic N) is 5. The fraction of sp³-hybridized carbons (Fsp3) is 0. The third kappa shape index (κ3) is 4.60. The van der Waals surface area contributed by atoms with Crippen LogP contribution in [-0.2, 0) is 0 Å². The molecule has 10 rings (SSSR count). The van der Waals surface area contributed by atoms with E-state index in [4.69, 9.17) is 15.0 Å². The topological polar surface area (TPSA) is 48.5 Å². The standard InChI is InChI=1S/C45H29N5/c1-4-13-30(14-5-1)43-46-44(31-15-6-2-7-16-31)48-45(47-43)34-17-12-20-36(27-34)50-40-22-11-10-21-37(40)38-24-23-32-29-41-33(28-39(32)42(38)50)25-26-49(41)35-18-8-3-9-19-35/h1-29H. The molecular formula is C45H29N5. The van der Waals surface area contributed by atoms with E-state index in [0.29, 0.717) is 17.5 Å². The maximum absolute atomic E-state index is 5.02. The van der Waals surface area contributed by atoms with Crippen molar-refractivity contribution in [3.8, 4) is 45.5 Å². The Bertz CT molecular complexity index is 2800. The number of rotatable bonds is 5. The number of benzene rings is 7. The zero-order valence-corrected chi connectivity index (χ0v) is 27.0. The van der Waals surface area contributed by atoms with E-state index in [1.165, 1.54) is 38.0 Å². The Labute approximate surface area is 288 Å². The van der Waals surface area contributed by atoms with E-state index in [0.717, 1.165) is 33.6 Å². The van der Waals surface area contributed by atoms with Gasteiger partial charge in [0.25, 0.3) is 0 Å². The van der Waals surface area contributed by atoms with Crippen LogP contribution in [0.5, 0.6) is 0 Å². The van der Waals surface area contributed by atoms with Crippen molar-refractivity contribution >= 4 is 43.5 Å². The highest BCUT2D eigenvalue weighted by Gasteiger charge is 2.18. The average Bonchev–Trinajstić information content (AvgIpc) is 3.77. The summed E-state index contributed by atoms with van der Waals surface area (Å²) in [5, 5.41) is 6.04. The summed E-state index contributed by atoms with van der Waals surface area (Å²) in [6, 6.07) is 59.4. The highest BCUT2D eigenvalue weighted by molar-refractivity contribution is 6.20. The molecule has 0 N–H and O–H groups in total. The van der Waals surface area contributed by atoms with Crippen LogP contribution in [0.25, 0.3) is 89.0 Å². The molecule has 0 aliphatic heterocycles. The van der Waals surface area contributed by atoms with Crippen LogP contribution in [0.1, 0.15) is 0 Å². The van der Waals surface area contributed by atoms with Gasteiger partial charge in [0.2, 0.25) is 0 Å². The number of aromatic nitrogens is 5. The first-order valence-electron chi connectivity index (χ1n) is 16.8. The summed E-state index contributed by atoms with van der Waals surface area (Å²) in [5.74, 6) is 1.93. The van der Waals surface area contributed by atoms with Gasteiger partial charge in [0.1, 0.15) is 0 Å². The SMILES string of the molecule is c1ccc(-c2nc(-c3ccccc3)nc(-c3cccc(-n4c5ccccc5c5ccc6cc7c(ccn7-c7ccccc7)cc6c54)c3)n2)cc1. The minimum atomic E-state index is 0.633. The molecule has 50 heavy (non-hydrogen) atoms. The van der Waals surface area contributed by atoms with Gasteiger partial charge in [-0.15, -0.1) is 0 Å². The van der Waals surface area contributed by atoms with E-state index >= 15 is 0 Å². The molecule has 5 heteroatoms. The van der Waals surface area contributed by atoms with Crippen LogP contribution in [0, 0.1) is 0 Å². The van der Waals surface area contributed by atoms with Gasteiger partial charge in [-0.3, -0.25) is 0 Å². The Morgan fingerprint density at radius 2 is 0.960 bits per heavy atom. The van der Waals surface area contributed by atoms with Crippen molar-refractivity contribution in [1.82, 2.24) is 24.1 Å². The molecule has 0 spiro atoms. The monoisotopic (exact) mass is 639 g/mol. The first-order valence-corrected chi connectivity index (χ1v) is 16.8. The van der Waals surface area contributed by atoms with Crippen LogP contribution in [-0.4, -0.2) is 24.1 Å². The van der Waals surface area contributed by atoms with Crippen molar-refractivity contribution in [2.45, 2.75) is 0 Å². The third-order valence-electron chi connectivity index (χ3n) is 9.56. The number of hydrogen-bond donors (Lipinski definition) is 0. The van der Waals surface area contributed by atoms with Gasteiger partial charge in [-0.25, -0.2) is 15.0 Å². The van der Waals surface area contributed by atoms with E-state index in [2.05, 4.69) is 125 Å². The zero-order chi connectivity index (χ0) is 33.0. The van der Waals surface area contributed by atoms with Gasteiger partial charge in [0, 0.05) is 55.8 Å². The molecule has 0 saturated heterocycles. The molecule has 3 aromatic heterocycles. The molecule has 3 heterocycles. The Balaban J connectivity index is 1.20. The fourth-order valence-electron chi connectivity index (χ4n) is 7.22. The van der Waals surface area contributed by atoms with Gasteiger partial charge >= 0.3 is 0 Å². The number of para-hydroxylation sites is 2. The number of hydrogen-bond acceptors (Lipinski definition) is 3. The van der Waals surface area contributed by atoms with E-state index < -0.39 is 0 Å². The van der Waals surface area contributed by atoms with E-state index in [-0.39, 0.29) is 0 Å². The summed E-state index contributed by atoms with van der Waals surface area (Å²) in [6.45, 7) is 0. The number of fused-ring (bicyclic) bond motifs is 6. The molecular weight excluding hydrogens is 611 g/mol. The summed E-state index contributed by atoms with van der Waals surface area (Å²) < 4.78 is 4.66. The normalized spacial score (nSPS) is 11.6. The zero-order valence-electron chi connectivity index (χ0n) is 27.0. The lowest BCUT2D eigenvalue weighted by Crippen LogP contribution is -2.01. The van der Waals surface area contributed by atoms with E-state index in [1.807, 2.05) is 60.7 Å². The van der Waals surface area contributed by atoms with Crippen molar-refractivity contribution < 1.29 is 0 Å². The largest absolute Gasteiger partial charge is 0.317 e. The van der Waals surface area contributed by atoms with Gasteiger partial charge < -0.3 is 9.13 Å². The van der Waals surface area contributed by atoms with E-state index in [9.17, 15) is 0 Å². The lowest BCUT2D eigenvalue weighted by Gasteiger charge is -2.13. The van der Waals surface area contributed by atoms with Gasteiger partial charge in [-0.05, 0) is 53.9 Å². The molecule has 0 aliphatic rings. The van der Waals surface area contributed by atoms with Crippen LogP contribution in [0.2, 0.25) is 0 Å². The minimum Gasteiger partial charge on any atom is -0.317 e. The summed E-state index contributed by atoms with van der Waals surface area (Å²) >= 11 is 0. The first-order chi connectivity index (χ1) is 24.8. The average molecular weight is 640 g/mol. The molecule has 0 bridgehead atoms. The quantitative estimate of drug-likeness (QED) is 0.188. The van der Waals surface area contributed by atoms with Gasteiger partial charge in [0.15, 0.2) is 17.5 Å². The molecule has 234 valence electrons. The predicted octanol–water partition coefficient (Wildman–Crippen LogP) is 11.1. The third-order valence-corrected chi connectivity index (χ3v) is 9.56. The molecule has 0 amide bonds. The van der Waals surface area contributed by atoms with Crippen molar-refractivity contribution in [3.63, 3.8) is 0 Å². The Morgan fingerprint density at radius 3 is 1.68 bits per heavy atom. The fourth-order valence-corrected chi connectivity index (χ4v) is 7.22. The molecule has 0 radical (unpaired) electrons. The second kappa shape index (κ2) is 11.4. The van der Waals surface area contributed by atoms with Crippen molar-refractivity contribution in [2.24, 2.45) is 0 Å². The second-order valence-electron chi connectivity index (χ2n) is 12.6. The molecule has 5 nitrogen and oxygen atoms in total. The Morgan fingerprint density at radius 1 is 0.360 bits per heavy atom.